The third kappa shape index (κ3) is 2.19. The summed E-state index contributed by atoms with van der Waals surface area (Å²) in [4.78, 5) is 0. The molecule has 0 saturated heterocycles. The summed E-state index contributed by atoms with van der Waals surface area (Å²) < 4.78 is 5.05. The number of pyridine rings is 1. The fourth-order valence-electron chi connectivity index (χ4n) is 4.05. The number of thiophene rings is 1. The van der Waals surface area contributed by atoms with Crippen LogP contribution in [0.15, 0.2) is 66.9 Å². The van der Waals surface area contributed by atoms with Crippen molar-refractivity contribution in [2.75, 3.05) is 0 Å². The van der Waals surface area contributed by atoms with E-state index in [0.29, 0.717) is 0 Å². The zero-order chi connectivity index (χ0) is 17.8. The van der Waals surface area contributed by atoms with Crippen LogP contribution in [0.2, 0.25) is 0 Å². The maximum atomic E-state index is 2.37. The van der Waals surface area contributed by atoms with Gasteiger partial charge in [0.15, 0.2) is 6.20 Å². The predicted octanol–water partition coefficient (Wildman–Crippen LogP) is 6.32. The Kier molecular flexibility index (Phi) is 3.38. The highest BCUT2D eigenvalue weighted by molar-refractivity contribution is 7.26. The van der Waals surface area contributed by atoms with Crippen molar-refractivity contribution < 1.29 is 4.57 Å². The highest BCUT2D eigenvalue weighted by atomic mass is 32.1. The highest BCUT2D eigenvalue weighted by Gasteiger charge is 2.22. The van der Waals surface area contributed by atoms with E-state index >= 15 is 0 Å². The smallest absolute Gasteiger partial charge is 0.200 e. The van der Waals surface area contributed by atoms with Crippen LogP contribution in [-0.4, -0.2) is 0 Å². The highest BCUT2D eigenvalue weighted by Crippen LogP contribution is 2.41. The summed E-state index contributed by atoms with van der Waals surface area (Å²) in [6, 6.07) is 22.1. The molecule has 5 rings (SSSR count). The largest absolute Gasteiger partial charge is 0.221 e. The van der Waals surface area contributed by atoms with E-state index in [-0.39, 0.29) is 0 Å². The Bertz CT molecular complexity index is 1310. The number of benzene rings is 3. The first kappa shape index (κ1) is 15.5. The quantitative estimate of drug-likeness (QED) is 0.310. The molecule has 0 aliphatic carbocycles. The SMILES string of the molecule is Cc1ccccc1-c1c2c(sc3cc4ccccc4cc32)c(C)c[n+]1C. The Labute approximate surface area is 157 Å². The van der Waals surface area contributed by atoms with Crippen molar-refractivity contribution >= 4 is 42.3 Å². The summed E-state index contributed by atoms with van der Waals surface area (Å²) in [5.41, 5.74) is 5.27. The van der Waals surface area contributed by atoms with Crippen molar-refractivity contribution in [1.29, 1.82) is 0 Å². The maximum Gasteiger partial charge on any atom is 0.221 e. The van der Waals surface area contributed by atoms with Gasteiger partial charge in [0.2, 0.25) is 5.69 Å². The summed E-state index contributed by atoms with van der Waals surface area (Å²) in [6.45, 7) is 4.42. The van der Waals surface area contributed by atoms with Crippen LogP contribution >= 0.6 is 11.3 Å². The van der Waals surface area contributed by atoms with Crippen LogP contribution in [0.3, 0.4) is 0 Å². The Balaban J connectivity index is 2.02. The molecule has 0 radical (unpaired) electrons. The lowest BCUT2D eigenvalue weighted by atomic mass is 9.98. The van der Waals surface area contributed by atoms with Gasteiger partial charge < -0.3 is 0 Å². The molecule has 0 fully saturated rings. The molecule has 0 atom stereocenters. The molecule has 0 aliphatic rings. The molecule has 26 heavy (non-hydrogen) atoms. The van der Waals surface area contributed by atoms with Gasteiger partial charge in [-0.25, -0.2) is 4.57 Å². The summed E-state index contributed by atoms with van der Waals surface area (Å²) in [5.74, 6) is 0. The average Bonchev–Trinajstić information content (AvgIpc) is 3.00. The number of hydrogen-bond donors (Lipinski definition) is 0. The number of aromatic nitrogens is 1. The Morgan fingerprint density at radius 2 is 1.50 bits per heavy atom. The van der Waals surface area contributed by atoms with Crippen molar-refractivity contribution in [3.05, 3.63) is 78.0 Å². The van der Waals surface area contributed by atoms with Crippen molar-refractivity contribution in [1.82, 2.24) is 0 Å². The van der Waals surface area contributed by atoms with Gasteiger partial charge in [-0.15, -0.1) is 11.3 Å². The third-order valence-electron chi connectivity index (χ3n) is 5.29. The van der Waals surface area contributed by atoms with Crippen molar-refractivity contribution in [3.8, 4) is 11.3 Å². The van der Waals surface area contributed by atoms with E-state index in [4.69, 9.17) is 0 Å². The number of nitrogens with zero attached hydrogens (tertiary/aromatic N) is 1. The molecule has 0 spiro atoms. The van der Waals surface area contributed by atoms with Crippen molar-refractivity contribution in [2.24, 2.45) is 7.05 Å². The minimum atomic E-state index is 1.31. The second kappa shape index (κ2) is 5.65. The molecular weight excluding hydrogens is 334 g/mol. The molecule has 3 aromatic carbocycles. The zero-order valence-electron chi connectivity index (χ0n) is 15.2. The molecule has 5 aromatic rings. The van der Waals surface area contributed by atoms with E-state index < -0.39 is 0 Å². The van der Waals surface area contributed by atoms with Gasteiger partial charge in [-0.05, 0) is 48.4 Å². The molecule has 0 unspecified atom stereocenters. The van der Waals surface area contributed by atoms with E-state index in [1.807, 2.05) is 11.3 Å². The molecule has 0 bridgehead atoms. The van der Waals surface area contributed by atoms with Gasteiger partial charge in [-0.1, -0.05) is 42.5 Å². The predicted molar refractivity (Wildman–Crippen MR) is 113 cm³/mol. The first-order valence-corrected chi connectivity index (χ1v) is 9.75. The standard InChI is InChI=1S/C24H20NS/c1-15-8-4-7-11-19(15)23-22-20-12-17-9-5-6-10-18(17)13-21(20)26-24(22)16(2)14-25(23)3/h4-14H,1-3H3/q+1. The van der Waals surface area contributed by atoms with Crippen LogP contribution in [0, 0.1) is 13.8 Å². The second-order valence-corrected chi connectivity index (χ2v) is 8.14. The topological polar surface area (TPSA) is 3.88 Å². The third-order valence-corrected chi connectivity index (χ3v) is 6.58. The minimum absolute atomic E-state index is 1.31. The van der Waals surface area contributed by atoms with E-state index in [1.165, 1.54) is 53.3 Å². The van der Waals surface area contributed by atoms with E-state index in [2.05, 4.69) is 92.3 Å². The number of aryl methyl sites for hydroxylation is 3. The van der Waals surface area contributed by atoms with E-state index in [1.54, 1.807) is 0 Å². The van der Waals surface area contributed by atoms with Gasteiger partial charge in [-0.3, -0.25) is 0 Å². The van der Waals surface area contributed by atoms with Crippen molar-refractivity contribution in [2.45, 2.75) is 13.8 Å². The molecule has 2 aromatic heterocycles. The molecule has 2 heteroatoms. The van der Waals surface area contributed by atoms with Crippen LogP contribution < -0.4 is 4.57 Å². The molecular formula is C24H20NS+. The Morgan fingerprint density at radius 1 is 0.808 bits per heavy atom. The van der Waals surface area contributed by atoms with Gasteiger partial charge in [0.05, 0.1) is 10.1 Å². The Morgan fingerprint density at radius 3 is 2.27 bits per heavy atom. The molecule has 1 nitrogen and oxygen atoms in total. The molecule has 0 saturated carbocycles. The number of hydrogen-bond acceptors (Lipinski definition) is 1. The summed E-state index contributed by atoms with van der Waals surface area (Å²) in [5, 5.41) is 5.36. The maximum absolute atomic E-state index is 2.37. The van der Waals surface area contributed by atoms with Gasteiger partial charge in [0, 0.05) is 21.2 Å². The van der Waals surface area contributed by atoms with Crippen LogP contribution in [0.4, 0.5) is 0 Å². The first-order valence-electron chi connectivity index (χ1n) is 8.94. The van der Waals surface area contributed by atoms with Gasteiger partial charge >= 0.3 is 0 Å². The second-order valence-electron chi connectivity index (χ2n) is 7.09. The van der Waals surface area contributed by atoms with Crippen LogP contribution in [-0.2, 0) is 7.05 Å². The van der Waals surface area contributed by atoms with Crippen molar-refractivity contribution in [3.63, 3.8) is 0 Å². The monoisotopic (exact) mass is 354 g/mol. The fraction of sp³-hybridized carbons (Fsp3) is 0.125. The van der Waals surface area contributed by atoms with Gasteiger partial charge in [0.25, 0.3) is 0 Å². The van der Waals surface area contributed by atoms with Crippen LogP contribution in [0.25, 0.3) is 42.2 Å². The summed E-state index contributed by atoms with van der Waals surface area (Å²) in [7, 11) is 2.17. The first-order chi connectivity index (χ1) is 12.6. The lowest BCUT2D eigenvalue weighted by molar-refractivity contribution is -0.659. The Hall–Kier alpha value is -2.71. The summed E-state index contributed by atoms with van der Waals surface area (Å²) in [6.07, 6.45) is 2.26. The minimum Gasteiger partial charge on any atom is -0.200 e. The lowest BCUT2D eigenvalue weighted by Crippen LogP contribution is -2.31. The molecule has 2 heterocycles. The number of rotatable bonds is 1. The van der Waals surface area contributed by atoms with Crippen LogP contribution in [0.1, 0.15) is 11.1 Å². The molecule has 0 aliphatic heterocycles. The normalized spacial score (nSPS) is 11.7. The molecule has 0 amide bonds. The lowest BCUT2D eigenvalue weighted by Gasteiger charge is -2.08. The average molecular weight is 354 g/mol. The summed E-state index contributed by atoms with van der Waals surface area (Å²) >= 11 is 1.91. The van der Waals surface area contributed by atoms with Crippen LogP contribution in [0.5, 0.6) is 0 Å². The van der Waals surface area contributed by atoms with Gasteiger partial charge in [-0.2, -0.15) is 0 Å². The molecule has 0 N–H and O–H groups in total. The molecule has 126 valence electrons. The zero-order valence-corrected chi connectivity index (χ0v) is 16.0. The fourth-order valence-corrected chi connectivity index (χ4v) is 5.25. The van der Waals surface area contributed by atoms with Gasteiger partial charge in [0.1, 0.15) is 7.05 Å². The van der Waals surface area contributed by atoms with E-state index in [9.17, 15) is 0 Å². The van der Waals surface area contributed by atoms with E-state index in [0.717, 1.165) is 0 Å². The number of fused-ring (bicyclic) bond motifs is 4.